The third kappa shape index (κ3) is 0.909. The highest BCUT2D eigenvalue weighted by molar-refractivity contribution is 5.45. The molecule has 4 rings (SSSR count). The van der Waals surface area contributed by atoms with Crippen molar-refractivity contribution in [1.82, 2.24) is 0 Å². The molecule has 0 saturated carbocycles. The van der Waals surface area contributed by atoms with Gasteiger partial charge in [0.15, 0.2) is 0 Å². The number of benzene rings is 1. The van der Waals surface area contributed by atoms with Crippen LogP contribution in [0.1, 0.15) is 29.4 Å². The molecule has 1 aromatic rings. The normalized spacial score (nSPS) is 34.7. The van der Waals surface area contributed by atoms with Crippen LogP contribution >= 0.6 is 0 Å². The second kappa shape index (κ2) is 2.46. The molecule has 1 N–H and O–H groups in total. The molecule has 2 bridgehead atoms. The van der Waals surface area contributed by atoms with Gasteiger partial charge in [-0.05, 0) is 17.5 Å². The molecule has 3 aliphatic rings. The van der Waals surface area contributed by atoms with Gasteiger partial charge in [0.1, 0.15) is 0 Å². The predicted octanol–water partition coefficient (Wildman–Crippen LogP) is 2.19. The quantitative estimate of drug-likeness (QED) is 0.595. The maximum Gasteiger partial charge on any atom is 0.0652 e. The van der Waals surface area contributed by atoms with Crippen molar-refractivity contribution in [1.29, 1.82) is 0 Å². The zero-order valence-electron chi connectivity index (χ0n) is 7.35. The van der Waals surface area contributed by atoms with E-state index in [1.54, 1.807) is 0 Å². The van der Waals surface area contributed by atoms with E-state index < -0.39 is 0 Å². The number of aliphatic hydroxyl groups is 1. The van der Waals surface area contributed by atoms with Crippen LogP contribution in [-0.4, -0.2) is 11.2 Å². The zero-order valence-corrected chi connectivity index (χ0v) is 7.35. The second-order valence-corrected chi connectivity index (χ2v) is 3.95. The molecule has 0 heterocycles. The maximum atomic E-state index is 9.79. The number of aliphatic hydroxyl groups excluding tert-OH is 1. The maximum absolute atomic E-state index is 9.79. The number of hydrogen-bond acceptors (Lipinski definition) is 1. The van der Waals surface area contributed by atoms with Crippen LogP contribution < -0.4 is 0 Å². The summed E-state index contributed by atoms with van der Waals surface area (Å²) < 4.78 is 0. The Morgan fingerprint density at radius 1 is 1.08 bits per heavy atom. The minimum absolute atomic E-state index is 0.162. The first-order valence-electron chi connectivity index (χ1n) is 4.81. The highest BCUT2D eigenvalue weighted by atomic mass is 16.3. The van der Waals surface area contributed by atoms with Crippen LogP contribution in [0.2, 0.25) is 0 Å². The third-order valence-corrected chi connectivity index (χ3v) is 3.22. The SMILES string of the molecule is OC1CC2C=CC1c1ccccc12. The molecule has 66 valence electrons. The summed E-state index contributed by atoms with van der Waals surface area (Å²) in [6.45, 7) is 0. The van der Waals surface area contributed by atoms with Crippen molar-refractivity contribution in [3.05, 3.63) is 47.5 Å². The van der Waals surface area contributed by atoms with E-state index in [4.69, 9.17) is 0 Å². The van der Waals surface area contributed by atoms with Crippen molar-refractivity contribution >= 4 is 0 Å². The Labute approximate surface area is 77.7 Å². The molecule has 0 radical (unpaired) electrons. The van der Waals surface area contributed by atoms with Crippen LogP contribution in [0.4, 0.5) is 0 Å². The van der Waals surface area contributed by atoms with E-state index in [0.29, 0.717) is 5.92 Å². The van der Waals surface area contributed by atoms with E-state index in [0.717, 1.165) is 6.42 Å². The standard InChI is InChI=1S/C12H12O/c13-12-7-8-5-6-11(12)10-4-2-1-3-9(8)10/h1-6,8,11-13H,7H2. The van der Waals surface area contributed by atoms with Crippen LogP contribution in [0.3, 0.4) is 0 Å². The second-order valence-electron chi connectivity index (χ2n) is 3.95. The Morgan fingerprint density at radius 3 is 2.62 bits per heavy atom. The van der Waals surface area contributed by atoms with Gasteiger partial charge in [-0.15, -0.1) is 0 Å². The Kier molecular flexibility index (Phi) is 1.39. The van der Waals surface area contributed by atoms with Crippen molar-refractivity contribution in [3.63, 3.8) is 0 Å². The topological polar surface area (TPSA) is 20.2 Å². The molecule has 3 aliphatic carbocycles. The average molecular weight is 172 g/mol. The first kappa shape index (κ1) is 7.34. The van der Waals surface area contributed by atoms with Gasteiger partial charge in [0.2, 0.25) is 0 Å². The summed E-state index contributed by atoms with van der Waals surface area (Å²) in [5.41, 5.74) is 2.74. The number of allylic oxidation sites excluding steroid dienone is 1. The van der Waals surface area contributed by atoms with Crippen LogP contribution in [0.25, 0.3) is 0 Å². The molecule has 0 aromatic heterocycles. The first-order valence-corrected chi connectivity index (χ1v) is 4.81. The van der Waals surface area contributed by atoms with Gasteiger partial charge in [-0.1, -0.05) is 36.4 Å². The number of hydrogen-bond donors (Lipinski definition) is 1. The predicted molar refractivity (Wildman–Crippen MR) is 51.7 cm³/mol. The molecular weight excluding hydrogens is 160 g/mol. The van der Waals surface area contributed by atoms with Crippen molar-refractivity contribution in [2.24, 2.45) is 0 Å². The smallest absolute Gasteiger partial charge is 0.0652 e. The van der Waals surface area contributed by atoms with Gasteiger partial charge in [0, 0.05) is 11.8 Å². The molecule has 3 unspecified atom stereocenters. The van der Waals surface area contributed by atoms with E-state index >= 15 is 0 Å². The molecule has 13 heavy (non-hydrogen) atoms. The Morgan fingerprint density at radius 2 is 1.85 bits per heavy atom. The fourth-order valence-corrected chi connectivity index (χ4v) is 2.56. The van der Waals surface area contributed by atoms with E-state index in [2.05, 4.69) is 36.4 Å². The van der Waals surface area contributed by atoms with Crippen LogP contribution in [0.5, 0.6) is 0 Å². The third-order valence-electron chi connectivity index (χ3n) is 3.22. The van der Waals surface area contributed by atoms with E-state index in [9.17, 15) is 5.11 Å². The summed E-state index contributed by atoms with van der Waals surface area (Å²) in [5.74, 6) is 0.706. The van der Waals surface area contributed by atoms with Gasteiger partial charge in [0.05, 0.1) is 6.10 Å². The molecule has 0 saturated heterocycles. The molecular formula is C12H12O. The van der Waals surface area contributed by atoms with Gasteiger partial charge in [-0.25, -0.2) is 0 Å². The minimum atomic E-state index is -0.162. The van der Waals surface area contributed by atoms with Crippen molar-refractivity contribution in [2.75, 3.05) is 0 Å². The van der Waals surface area contributed by atoms with E-state index in [1.807, 2.05) is 0 Å². The van der Waals surface area contributed by atoms with Crippen molar-refractivity contribution in [2.45, 2.75) is 24.4 Å². The summed E-state index contributed by atoms with van der Waals surface area (Å²) >= 11 is 0. The largest absolute Gasteiger partial charge is 0.392 e. The molecule has 1 nitrogen and oxygen atoms in total. The lowest BCUT2D eigenvalue weighted by molar-refractivity contribution is 0.130. The Balaban J connectivity index is 2.21. The van der Waals surface area contributed by atoms with Gasteiger partial charge in [0.25, 0.3) is 0 Å². The van der Waals surface area contributed by atoms with E-state index in [-0.39, 0.29) is 12.0 Å². The van der Waals surface area contributed by atoms with Crippen molar-refractivity contribution in [3.8, 4) is 0 Å². The highest BCUT2D eigenvalue weighted by Gasteiger charge is 2.34. The lowest BCUT2D eigenvalue weighted by Gasteiger charge is -2.37. The summed E-state index contributed by atoms with van der Waals surface area (Å²) in [7, 11) is 0. The molecule has 0 amide bonds. The monoisotopic (exact) mass is 172 g/mol. The van der Waals surface area contributed by atoms with Gasteiger partial charge in [-0.3, -0.25) is 0 Å². The fraction of sp³-hybridized carbons (Fsp3) is 0.333. The first-order chi connectivity index (χ1) is 6.36. The van der Waals surface area contributed by atoms with Gasteiger partial charge >= 0.3 is 0 Å². The fourth-order valence-electron chi connectivity index (χ4n) is 2.56. The summed E-state index contributed by atoms with van der Waals surface area (Å²) in [6.07, 6.45) is 5.13. The molecule has 3 atom stereocenters. The highest BCUT2D eigenvalue weighted by Crippen LogP contribution is 2.44. The molecule has 1 aromatic carbocycles. The molecule has 0 aliphatic heterocycles. The van der Waals surface area contributed by atoms with Crippen molar-refractivity contribution < 1.29 is 5.11 Å². The zero-order chi connectivity index (χ0) is 8.84. The lowest BCUT2D eigenvalue weighted by atomic mass is 9.70. The van der Waals surface area contributed by atoms with Gasteiger partial charge in [-0.2, -0.15) is 0 Å². The lowest BCUT2D eigenvalue weighted by Crippen LogP contribution is -2.29. The Bertz CT molecular complexity index is 367. The molecule has 0 fully saturated rings. The number of fused-ring (bicyclic) bond motifs is 1. The summed E-state index contributed by atoms with van der Waals surface area (Å²) in [4.78, 5) is 0. The van der Waals surface area contributed by atoms with Crippen LogP contribution in [-0.2, 0) is 0 Å². The van der Waals surface area contributed by atoms with Crippen LogP contribution in [0.15, 0.2) is 36.4 Å². The van der Waals surface area contributed by atoms with Gasteiger partial charge < -0.3 is 5.11 Å². The number of rotatable bonds is 0. The minimum Gasteiger partial charge on any atom is -0.392 e. The Hall–Kier alpha value is -1.08. The molecule has 1 heteroatoms. The van der Waals surface area contributed by atoms with E-state index in [1.165, 1.54) is 11.1 Å². The molecule has 0 spiro atoms. The summed E-state index contributed by atoms with van der Waals surface area (Å²) in [6, 6.07) is 8.46. The average Bonchev–Trinajstić information content (AvgIpc) is 2.19. The summed E-state index contributed by atoms with van der Waals surface area (Å²) in [5, 5.41) is 9.79. The van der Waals surface area contributed by atoms with Crippen LogP contribution in [0, 0.1) is 0 Å².